The molecule has 0 amide bonds. The number of rotatable bonds is 3. The molecule has 0 saturated heterocycles. The molecule has 0 unspecified atom stereocenters. The van der Waals surface area contributed by atoms with E-state index >= 15 is 0 Å². The fraction of sp³-hybridized carbons (Fsp3) is 0. The molecular weight excluding hydrogens is 601 g/mol. The van der Waals surface area contributed by atoms with Gasteiger partial charge in [0.1, 0.15) is 16.8 Å². The minimum absolute atomic E-state index is 0.613. The molecule has 0 aliphatic carbocycles. The summed E-state index contributed by atoms with van der Waals surface area (Å²) in [7, 11) is 0. The second-order valence-electron chi connectivity index (χ2n) is 12.6. The predicted octanol–water partition coefficient (Wildman–Crippen LogP) is 11.4. The van der Waals surface area contributed by atoms with Crippen LogP contribution in [-0.2, 0) is 0 Å². The van der Waals surface area contributed by atoms with Crippen LogP contribution in [0.4, 0.5) is 0 Å². The lowest BCUT2D eigenvalue weighted by Crippen LogP contribution is -2.02. The van der Waals surface area contributed by atoms with E-state index in [4.69, 9.17) is 14.4 Å². The van der Waals surface area contributed by atoms with E-state index in [1.54, 1.807) is 0 Å². The van der Waals surface area contributed by atoms with Crippen molar-refractivity contribution in [3.05, 3.63) is 158 Å². The van der Waals surface area contributed by atoms with E-state index in [0.29, 0.717) is 11.5 Å². The van der Waals surface area contributed by atoms with Crippen molar-refractivity contribution in [2.45, 2.75) is 0 Å². The van der Waals surface area contributed by atoms with Gasteiger partial charge in [-0.15, -0.1) is 0 Å². The highest BCUT2D eigenvalue weighted by molar-refractivity contribution is 6.17. The fourth-order valence-electron chi connectivity index (χ4n) is 7.77. The average molecular weight is 627 g/mol. The number of para-hydroxylation sites is 4. The lowest BCUT2D eigenvalue weighted by atomic mass is 10.1. The Balaban J connectivity index is 1.26. The maximum absolute atomic E-state index is 6.83. The highest BCUT2D eigenvalue weighted by Crippen LogP contribution is 2.41. The third-order valence-corrected chi connectivity index (χ3v) is 9.93. The smallest absolute Gasteiger partial charge is 0.236 e. The maximum atomic E-state index is 6.83. The summed E-state index contributed by atoms with van der Waals surface area (Å²) in [5.74, 6) is 0.613. The Kier molecular flexibility index (Phi) is 5.32. The highest BCUT2D eigenvalue weighted by atomic mass is 16.3. The molecule has 4 heterocycles. The molecule has 4 aromatic heterocycles. The molecule has 0 fully saturated rings. The van der Waals surface area contributed by atoms with E-state index in [1.807, 2.05) is 0 Å². The minimum atomic E-state index is 0.613. The largest absolute Gasteiger partial charge is 0.451 e. The predicted molar refractivity (Wildman–Crippen MR) is 201 cm³/mol. The summed E-state index contributed by atoms with van der Waals surface area (Å²) in [6, 6.07) is 55.4. The number of aromatic nitrogens is 4. The van der Waals surface area contributed by atoms with Gasteiger partial charge in [-0.2, -0.15) is 0 Å². The van der Waals surface area contributed by atoms with Crippen molar-refractivity contribution in [3.8, 4) is 22.9 Å². The number of hydrogen-bond acceptors (Lipinski definition) is 3. The zero-order valence-electron chi connectivity index (χ0n) is 26.2. The molecule has 0 aliphatic rings. The van der Waals surface area contributed by atoms with Crippen LogP contribution in [0.15, 0.2) is 162 Å². The molecule has 5 nitrogen and oxygen atoms in total. The maximum Gasteiger partial charge on any atom is 0.236 e. The first kappa shape index (κ1) is 26.4. The lowest BCUT2D eigenvalue weighted by Gasteiger charge is -2.10. The summed E-state index contributed by atoms with van der Waals surface area (Å²) in [4.78, 5) is 10.7. The molecule has 49 heavy (non-hydrogen) atoms. The molecule has 5 heteroatoms. The number of nitrogens with zero attached hydrogens (tertiary/aromatic N) is 4. The van der Waals surface area contributed by atoms with E-state index < -0.39 is 0 Å². The van der Waals surface area contributed by atoms with Crippen molar-refractivity contribution in [2.75, 3.05) is 0 Å². The van der Waals surface area contributed by atoms with Gasteiger partial charge in [-0.05, 0) is 53.9 Å². The summed E-state index contributed by atoms with van der Waals surface area (Å²) in [6.07, 6.45) is 0. The van der Waals surface area contributed by atoms with Crippen molar-refractivity contribution in [3.63, 3.8) is 0 Å². The topological polar surface area (TPSA) is 48.8 Å². The van der Waals surface area contributed by atoms with Gasteiger partial charge in [0, 0.05) is 43.6 Å². The van der Waals surface area contributed by atoms with Gasteiger partial charge < -0.3 is 8.98 Å². The Morgan fingerprint density at radius 2 is 1.00 bits per heavy atom. The normalized spacial score (nSPS) is 12.1. The SMILES string of the molecule is c1ccc(-n2c3ccccc3c3cc(-c4nc(-n5c6ccccc6c6ccccc65)nc5c4oc4c6ccccc6ccc54)ccc32)cc1. The Hall–Kier alpha value is -6.72. The van der Waals surface area contributed by atoms with Gasteiger partial charge in [0.05, 0.1) is 22.1 Å². The fourth-order valence-corrected chi connectivity index (χ4v) is 7.77. The summed E-state index contributed by atoms with van der Waals surface area (Å²) in [6.45, 7) is 0. The van der Waals surface area contributed by atoms with Crippen LogP contribution in [0.3, 0.4) is 0 Å². The van der Waals surface area contributed by atoms with E-state index in [-0.39, 0.29) is 0 Å². The summed E-state index contributed by atoms with van der Waals surface area (Å²) < 4.78 is 11.4. The standard InChI is InChI=1S/C44H26N4O/c1-2-13-29(14-3-1)47-36-19-9-8-18-33(36)35-26-28(23-25-39(35)47)40-43-41(34-24-22-27-12-4-5-15-30(27)42(34)49-43)46-44(45-40)48-37-20-10-6-16-31(37)32-17-7-11-21-38(32)48/h1-26H. The van der Waals surface area contributed by atoms with Crippen LogP contribution in [0, 0.1) is 0 Å². The zero-order chi connectivity index (χ0) is 32.1. The first-order valence-electron chi connectivity index (χ1n) is 16.5. The molecule has 7 aromatic carbocycles. The molecule has 11 rings (SSSR count). The lowest BCUT2D eigenvalue weighted by molar-refractivity contribution is 0.670. The molecule has 0 bridgehead atoms. The van der Waals surface area contributed by atoms with Gasteiger partial charge in [0.2, 0.25) is 5.95 Å². The van der Waals surface area contributed by atoms with Crippen molar-refractivity contribution in [1.29, 1.82) is 0 Å². The van der Waals surface area contributed by atoms with Crippen LogP contribution in [0.2, 0.25) is 0 Å². The number of hydrogen-bond donors (Lipinski definition) is 0. The van der Waals surface area contributed by atoms with Crippen molar-refractivity contribution < 1.29 is 4.42 Å². The van der Waals surface area contributed by atoms with E-state index in [2.05, 4.69) is 167 Å². The molecule has 0 aliphatic heterocycles. The van der Waals surface area contributed by atoms with Gasteiger partial charge >= 0.3 is 0 Å². The van der Waals surface area contributed by atoms with Crippen molar-refractivity contribution in [1.82, 2.24) is 19.1 Å². The van der Waals surface area contributed by atoms with Crippen LogP contribution in [0.25, 0.3) is 99.3 Å². The third kappa shape index (κ3) is 3.70. The van der Waals surface area contributed by atoms with Gasteiger partial charge in [-0.25, -0.2) is 9.97 Å². The molecule has 0 saturated carbocycles. The molecule has 228 valence electrons. The molecular formula is C44H26N4O. The van der Waals surface area contributed by atoms with Gasteiger partial charge in [0.25, 0.3) is 0 Å². The number of fused-ring (bicyclic) bond motifs is 11. The first-order valence-corrected chi connectivity index (χ1v) is 16.5. The van der Waals surface area contributed by atoms with Gasteiger partial charge in [-0.3, -0.25) is 4.57 Å². The van der Waals surface area contributed by atoms with Gasteiger partial charge in [-0.1, -0.05) is 109 Å². The first-order chi connectivity index (χ1) is 24.3. The highest BCUT2D eigenvalue weighted by Gasteiger charge is 2.23. The van der Waals surface area contributed by atoms with E-state index in [9.17, 15) is 0 Å². The van der Waals surface area contributed by atoms with Crippen molar-refractivity contribution in [2.24, 2.45) is 0 Å². The summed E-state index contributed by atoms with van der Waals surface area (Å²) >= 11 is 0. The molecule has 11 aromatic rings. The Bertz CT molecular complexity index is 3060. The molecule has 0 atom stereocenters. The zero-order valence-corrected chi connectivity index (χ0v) is 26.2. The van der Waals surface area contributed by atoms with Crippen molar-refractivity contribution >= 4 is 76.5 Å². The number of furan rings is 1. The van der Waals surface area contributed by atoms with Gasteiger partial charge in [0.15, 0.2) is 5.58 Å². The summed E-state index contributed by atoms with van der Waals surface area (Å²) in [5, 5.41) is 7.84. The number of benzene rings is 7. The van der Waals surface area contributed by atoms with Crippen LogP contribution in [-0.4, -0.2) is 19.1 Å². The minimum Gasteiger partial charge on any atom is -0.451 e. The quantitative estimate of drug-likeness (QED) is 0.196. The van der Waals surface area contributed by atoms with E-state index in [1.165, 1.54) is 16.2 Å². The van der Waals surface area contributed by atoms with E-state index in [0.717, 1.165) is 71.7 Å². The van der Waals surface area contributed by atoms with Crippen LogP contribution in [0.1, 0.15) is 0 Å². The average Bonchev–Trinajstić information content (AvgIpc) is 3.82. The third-order valence-electron chi connectivity index (χ3n) is 9.93. The monoisotopic (exact) mass is 626 g/mol. The Labute approximate surface area is 279 Å². The Morgan fingerprint density at radius 1 is 0.408 bits per heavy atom. The molecule has 0 N–H and O–H groups in total. The van der Waals surface area contributed by atoms with Crippen LogP contribution < -0.4 is 0 Å². The second kappa shape index (κ2) is 9.89. The van der Waals surface area contributed by atoms with Crippen LogP contribution >= 0.6 is 0 Å². The Morgan fingerprint density at radius 3 is 1.73 bits per heavy atom. The second-order valence-corrected chi connectivity index (χ2v) is 12.6. The summed E-state index contributed by atoms with van der Waals surface area (Å²) in [5.41, 5.74) is 9.60. The molecule has 0 spiro atoms. The van der Waals surface area contributed by atoms with Crippen LogP contribution in [0.5, 0.6) is 0 Å². The molecule has 0 radical (unpaired) electrons.